The van der Waals surface area contributed by atoms with Gasteiger partial charge in [-0.3, -0.25) is 9.36 Å². The Labute approximate surface area is 99.3 Å². The van der Waals surface area contributed by atoms with Crippen LogP contribution in [0.4, 0.5) is 5.82 Å². The molecule has 1 aromatic heterocycles. The van der Waals surface area contributed by atoms with Crippen LogP contribution in [0.25, 0.3) is 0 Å². The van der Waals surface area contributed by atoms with Gasteiger partial charge in [0.15, 0.2) is 0 Å². The maximum Gasteiger partial charge on any atom is 0.350 e. The molecule has 2 N–H and O–H groups in total. The summed E-state index contributed by atoms with van der Waals surface area (Å²) in [7, 11) is 5.43. The van der Waals surface area contributed by atoms with Crippen LogP contribution in [0.5, 0.6) is 0 Å². The third-order valence-electron chi connectivity index (χ3n) is 1.55. The van der Waals surface area contributed by atoms with E-state index in [4.69, 9.17) is 5.11 Å². The number of anilines is 1. The number of aliphatic carboxylic acids is 1. The molecule has 0 radical (unpaired) electrons. The number of nitrogens with zero attached hydrogens (tertiary/aromatic N) is 2. The molecule has 1 rings (SSSR count). The van der Waals surface area contributed by atoms with Gasteiger partial charge in [-0.2, -0.15) is 4.98 Å². The van der Waals surface area contributed by atoms with Crippen molar-refractivity contribution >= 4 is 45.1 Å². The number of carbonyl (C=O) groups is 1. The van der Waals surface area contributed by atoms with Gasteiger partial charge in [-0.05, 0) is 6.07 Å². The fourth-order valence-electron chi connectivity index (χ4n) is 0.913. The van der Waals surface area contributed by atoms with Crippen LogP contribution < -0.4 is 10.8 Å². The Morgan fingerprint density at radius 1 is 1.75 bits per heavy atom. The summed E-state index contributed by atoms with van der Waals surface area (Å²) >= 11 is 0. The van der Waals surface area contributed by atoms with E-state index in [-0.39, 0.29) is 6.54 Å². The van der Waals surface area contributed by atoms with Gasteiger partial charge < -0.3 is 10.2 Å². The van der Waals surface area contributed by atoms with Crippen molar-refractivity contribution < 1.29 is 9.90 Å². The second kappa shape index (κ2) is 6.57. The number of carboxylic acids is 1. The fourth-order valence-corrected chi connectivity index (χ4v) is 2.86. The number of hydrogen-bond acceptors (Lipinski definition) is 4. The third kappa shape index (κ3) is 4.39. The molecule has 88 valence electrons. The Morgan fingerprint density at radius 3 is 2.94 bits per heavy atom. The summed E-state index contributed by atoms with van der Waals surface area (Å²) in [6.07, 6.45) is 1.42. The van der Waals surface area contributed by atoms with E-state index in [0.29, 0.717) is 13.8 Å². The van der Waals surface area contributed by atoms with Gasteiger partial charge in [-0.1, -0.05) is 16.9 Å². The van der Waals surface area contributed by atoms with Crippen molar-refractivity contribution in [2.75, 3.05) is 5.09 Å². The second-order valence-corrected chi connectivity index (χ2v) is 11.6. The molecule has 0 bridgehead atoms. The molecular weight excluding hydrogens is 286 g/mol. The van der Waals surface area contributed by atoms with Crippen LogP contribution in [-0.4, -0.2) is 20.6 Å². The van der Waals surface area contributed by atoms with Crippen LogP contribution in [0.1, 0.15) is 0 Å². The van der Waals surface area contributed by atoms with E-state index in [1.807, 2.05) is 0 Å². The van der Waals surface area contributed by atoms with Gasteiger partial charge in [-0.25, -0.2) is 4.79 Å². The summed E-state index contributed by atoms with van der Waals surface area (Å²) in [5.74, 6) is -0.591. The average Bonchev–Trinajstić information content (AvgIpc) is 2.21. The largest absolute Gasteiger partial charge is 0.480 e. The molecule has 1 heterocycles. The number of nitrogens with one attached hydrogen (secondary N) is 1. The number of rotatable bonds is 5. The van der Waals surface area contributed by atoms with Crippen LogP contribution in [-0.2, 0) is 11.3 Å². The molecule has 0 aliphatic rings. The lowest BCUT2D eigenvalue weighted by atomic mass is 10.5. The second-order valence-electron chi connectivity index (χ2n) is 2.73. The van der Waals surface area contributed by atoms with Gasteiger partial charge in [0.05, 0.1) is 0 Å². The molecule has 0 aliphatic carbocycles. The summed E-state index contributed by atoms with van der Waals surface area (Å²) < 4.78 is 1.04. The molecule has 10 heteroatoms. The summed E-state index contributed by atoms with van der Waals surface area (Å²) in [5.41, 5.74) is -0.562. The highest BCUT2D eigenvalue weighted by atomic mass is 32.6. The average molecular weight is 297 g/mol. The topological polar surface area (TPSA) is 84.2 Å². The smallest absolute Gasteiger partial charge is 0.350 e. The highest BCUT2D eigenvalue weighted by Crippen LogP contribution is 2.64. The van der Waals surface area contributed by atoms with Crippen LogP contribution in [0.2, 0.25) is 0 Å². The highest BCUT2D eigenvalue weighted by molar-refractivity contribution is 8.61. The van der Waals surface area contributed by atoms with Crippen molar-refractivity contribution in [1.82, 2.24) is 9.55 Å². The Kier molecular flexibility index (Phi) is 5.72. The number of hydrogen-bond donors (Lipinski definition) is 2. The van der Waals surface area contributed by atoms with Gasteiger partial charge in [0.25, 0.3) is 0 Å². The normalized spacial score (nSPS) is 12.9. The van der Waals surface area contributed by atoms with Gasteiger partial charge in [0.1, 0.15) is 12.4 Å². The van der Waals surface area contributed by atoms with E-state index in [1.54, 1.807) is 6.07 Å². The summed E-state index contributed by atoms with van der Waals surface area (Å²) in [5, 5.41) is 11.6. The van der Waals surface area contributed by atoms with E-state index >= 15 is 0 Å². The monoisotopic (exact) mass is 297 g/mol. The van der Waals surface area contributed by atoms with Crippen molar-refractivity contribution in [2.24, 2.45) is 0 Å². The first-order valence-electron chi connectivity index (χ1n) is 4.10. The Hall–Kier alpha value is -0.130. The molecule has 4 atom stereocenters. The zero-order valence-corrected chi connectivity index (χ0v) is 12.3. The van der Waals surface area contributed by atoms with E-state index in [1.165, 1.54) is 6.20 Å². The van der Waals surface area contributed by atoms with Crippen molar-refractivity contribution in [3.63, 3.8) is 0 Å². The van der Waals surface area contributed by atoms with Crippen LogP contribution in [0.15, 0.2) is 17.1 Å². The molecular formula is C6H11N3O3P4. The molecule has 0 saturated carbocycles. The van der Waals surface area contributed by atoms with E-state index in [0.717, 1.165) is 4.57 Å². The summed E-state index contributed by atoms with van der Waals surface area (Å²) in [6.45, 7) is -0.368. The first-order valence-corrected chi connectivity index (χ1v) is 10.7. The zero-order chi connectivity index (χ0) is 12.1. The molecule has 0 aromatic carbocycles. The van der Waals surface area contributed by atoms with Gasteiger partial charge in [-0.15, -0.1) is 8.93 Å². The van der Waals surface area contributed by atoms with Crippen LogP contribution >= 0.6 is 33.3 Å². The number of aromatic nitrogens is 2. The lowest BCUT2D eigenvalue weighted by Crippen LogP contribution is -2.26. The molecule has 0 spiro atoms. The zero-order valence-electron chi connectivity index (χ0n) is 8.12. The minimum atomic E-state index is -1.07. The summed E-state index contributed by atoms with van der Waals surface area (Å²) in [6, 6.07) is 1.59. The quantitative estimate of drug-likeness (QED) is 0.801. The van der Waals surface area contributed by atoms with Crippen molar-refractivity contribution in [3.8, 4) is 0 Å². The van der Waals surface area contributed by atoms with E-state index < -0.39 is 19.1 Å². The predicted molar refractivity (Wildman–Crippen MR) is 74.4 cm³/mol. The Balaban J connectivity index is 2.82. The SMILES string of the molecule is O=C(O)Cn1ccc(NP(P)PP)nc1=O. The van der Waals surface area contributed by atoms with Crippen molar-refractivity contribution in [3.05, 3.63) is 22.7 Å². The minimum absolute atomic E-state index is 0.368. The van der Waals surface area contributed by atoms with Crippen LogP contribution in [0, 0.1) is 0 Å². The Morgan fingerprint density at radius 2 is 2.44 bits per heavy atom. The molecule has 6 nitrogen and oxygen atoms in total. The first-order chi connectivity index (χ1) is 7.52. The Bertz CT molecular complexity index is 437. The number of carboxylic acid groups (broad SMARTS) is 1. The first kappa shape index (κ1) is 13.9. The fraction of sp³-hybridized carbons (Fsp3) is 0.167. The van der Waals surface area contributed by atoms with E-state index in [9.17, 15) is 9.59 Å². The lowest BCUT2D eigenvalue weighted by Gasteiger charge is -2.11. The van der Waals surface area contributed by atoms with Crippen molar-refractivity contribution in [1.29, 1.82) is 0 Å². The summed E-state index contributed by atoms with van der Waals surface area (Å²) in [4.78, 5) is 25.6. The molecule has 0 aliphatic heterocycles. The molecule has 0 saturated heterocycles. The van der Waals surface area contributed by atoms with E-state index in [2.05, 4.69) is 27.9 Å². The van der Waals surface area contributed by atoms with Crippen molar-refractivity contribution in [2.45, 2.75) is 6.54 Å². The third-order valence-corrected chi connectivity index (χ3v) is 10.4. The molecule has 1 aromatic rings. The van der Waals surface area contributed by atoms with Gasteiger partial charge in [0.2, 0.25) is 0 Å². The molecule has 0 fully saturated rings. The van der Waals surface area contributed by atoms with Gasteiger partial charge >= 0.3 is 11.7 Å². The standard InChI is InChI=1S/C6H11N3O3P4/c10-5(11)3-9-2-1-4(7-6(9)12)8-16(14)15-13/h1-2,15H,3,13-14H2,(H,10,11)(H,7,8,12). The molecule has 16 heavy (non-hydrogen) atoms. The molecule has 0 amide bonds. The maximum absolute atomic E-state index is 11.4. The van der Waals surface area contributed by atoms with Gasteiger partial charge in [0, 0.05) is 13.6 Å². The molecule has 4 unspecified atom stereocenters. The minimum Gasteiger partial charge on any atom is -0.480 e. The maximum atomic E-state index is 11.4. The predicted octanol–water partition coefficient (Wildman–Crippen LogP) is 1.31. The lowest BCUT2D eigenvalue weighted by molar-refractivity contribution is -0.137. The highest BCUT2D eigenvalue weighted by Gasteiger charge is 2.05. The van der Waals surface area contributed by atoms with Crippen LogP contribution in [0.3, 0.4) is 0 Å².